The van der Waals surface area contributed by atoms with Crippen molar-refractivity contribution in [3.05, 3.63) is 23.8 Å². The molecule has 0 atom stereocenters. The molecule has 0 bridgehead atoms. The van der Waals surface area contributed by atoms with E-state index in [4.69, 9.17) is 10.5 Å². The van der Waals surface area contributed by atoms with Gasteiger partial charge in [0.1, 0.15) is 11.4 Å². The predicted molar refractivity (Wildman–Crippen MR) is 58.6 cm³/mol. The number of ether oxygens (including phenoxy) is 1. The zero-order valence-electron chi connectivity index (χ0n) is 9.22. The minimum atomic E-state index is -0.164. The Bertz CT molecular complexity index is 380. The molecule has 0 aliphatic carbocycles. The van der Waals surface area contributed by atoms with E-state index in [1.165, 1.54) is 5.56 Å². The van der Waals surface area contributed by atoms with Crippen molar-refractivity contribution >= 4 is 5.69 Å². The van der Waals surface area contributed by atoms with Gasteiger partial charge in [-0.25, -0.2) is 0 Å². The number of fused-ring (bicyclic) bond motifs is 1. The third kappa shape index (κ3) is 1.03. The number of rotatable bonds is 0. The fraction of sp³-hybridized carbons (Fsp3) is 0.500. The molecule has 0 saturated carbocycles. The minimum Gasteiger partial charge on any atom is -0.487 e. The Hall–Kier alpha value is -1.18. The molecule has 0 spiro atoms. The monoisotopic (exact) mass is 191 g/mol. The zero-order valence-corrected chi connectivity index (χ0v) is 9.22. The molecule has 1 aromatic carbocycles. The van der Waals surface area contributed by atoms with Gasteiger partial charge in [0.25, 0.3) is 0 Å². The van der Waals surface area contributed by atoms with Crippen molar-refractivity contribution in [1.29, 1.82) is 0 Å². The minimum absolute atomic E-state index is 0.0116. The van der Waals surface area contributed by atoms with Crippen molar-refractivity contribution in [2.75, 3.05) is 5.73 Å². The maximum Gasteiger partial charge on any atom is 0.124 e. The first kappa shape index (κ1) is 9.38. The van der Waals surface area contributed by atoms with Gasteiger partial charge >= 0.3 is 0 Å². The largest absolute Gasteiger partial charge is 0.487 e. The van der Waals surface area contributed by atoms with Gasteiger partial charge in [0.2, 0.25) is 0 Å². The van der Waals surface area contributed by atoms with E-state index in [0.717, 1.165) is 11.4 Å². The smallest absolute Gasteiger partial charge is 0.124 e. The van der Waals surface area contributed by atoms with E-state index in [1.807, 2.05) is 18.2 Å². The van der Waals surface area contributed by atoms with Gasteiger partial charge in [0, 0.05) is 16.7 Å². The second kappa shape index (κ2) is 2.44. The third-order valence-electron chi connectivity index (χ3n) is 3.55. The summed E-state index contributed by atoms with van der Waals surface area (Å²) in [7, 11) is 0. The van der Waals surface area contributed by atoms with Gasteiger partial charge in [-0.3, -0.25) is 0 Å². The van der Waals surface area contributed by atoms with E-state index >= 15 is 0 Å². The molecule has 0 aromatic heterocycles. The van der Waals surface area contributed by atoms with Crippen molar-refractivity contribution < 1.29 is 4.74 Å². The second-order valence-electron chi connectivity index (χ2n) is 4.99. The van der Waals surface area contributed by atoms with Crippen LogP contribution in [0.5, 0.6) is 5.75 Å². The van der Waals surface area contributed by atoms with E-state index in [9.17, 15) is 0 Å². The molecule has 0 unspecified atom stereocenters. The number of nitrogen functional groups attached to an aromatic ring is 1. The summed E-state index contributed by atoms with van der Waals surface area (Å²) in [5.41, 5.74) is 7.65. The molecule has 1 aliphatic heterocycles. The van der Waals surface area contributed by atoms with Crippen molar-refractivity contribution in [3.8, 4) is 5.75 Å². The third-order valence-corrected chi connectivity index (χ3v) is 3.55. The van der Waals surface area contributed by atoms with Crippen LogP contribution in [0.25, 0.3) is 0 Å². The highest BCUT2D eigenvalue weighted by Gasteiger charge is 2.47. The van der Waals surface area contributed by atoms with E-state index in [-0.39, 0.29) is 11.0 Å². The first-order valence-corrected chi connectivity index (χ1v) is 4.93. The highest BCUT2D eigenvalue weighted by molar-refractivity contribution is 5.54. The van der Waals surface area contributed by atoms with Crippen LogP contribution in [0.2, 0.25) is 0 Å². The summed E-state index contributed by atoms with van der Waals surface area (Å²) < 4.78 is 5.91. The molecule has 0 fully saturated rings. The van der Waals surface area contributed by atoms with Crippen molar-refractivity contribution in [1.82, 2.24) is 0 Å². The second-order valence-corrected chi connectivity index (χ2v) is 4.99. The highest BCUT2D eigenvalue weighted by atomic mass is 16.5. The SMILES string of the molecule is CC1(C)Oc2ccc(N)cc2C1(C)C. The van der Waals surface area contributed by atoms with Gasteiger partial charge in [-0.15, -0.1) is 0 Å². The van der Waals surface area contributed by atoms with Crippen LogP contribution in [0.15, 0.2) is 18.2 Å². The Morgan fingerprint density at radius 1 is 1.14 bits per heavy atom. The fourth-order valence-electron chi connectivity index (χ4n) is 1.85. The quantitative estimate of drug-likeness (QED) is 0.640. The van der Waals surface area contributed by atoms with Crippen LogP contribution in [-0.4, -0.2) is 5.60 Å². The van der Waals surface area contributed by atoms with E-state index in [1.54, 1.807) is 0 Å². The van der Waals surface area contributed by atoms with Gasteiger partial charge < -0.3 is 10.5 Å². The van der Waals surface area contributed by atoms with Crippen molar-refractivity contribution in [2.24, 2.45) is 0 Å². The molecule has 1 heterocycles. The van der Waals surface area contributed by atoms with Gasteiger partial charge in [0.05, 0.1) is 0 Å². The predicted octanol–water partition coefficient (Wildman–Crippen LogP) is 2.72. The average Bonchev–Trinajstić information content (AvgIpc) is 2.22. The molecule has 0 amide bonds. The van der Waals surface area contributed by atoms with Crippen LogP contribution in [0, 0.1) is 0 Å². The summed E-state index contributed by atoms with van der Waals surface area (Å²) in [6.45, 7) is 8.61. The van der Waals surface area contributed by atoms with Crippen LogP contribution in [0.1, 0.15) is 33.3 Å². The van der Waals surface area contributed by atoms with Crippen LogP contribution < -0.4 is 10.5 Å². The Kier molecular flexibility index (Phi) is 1.63. The molecule has 0 saturated heterocycles. The van der Waals surface area contributed by atoms with Gasteiger partial charge in [-0.05, 0) is 32.0 Å². The molecule has 1 aliphatic rings. The van der Waals surface area contributed by atoms with Crippen molar-refractivity contribution in [3.63, 3.8) is 0 Å². The Morgan fingerprint density at radius 3 is 2.43 bits per heavy atom. The molecule has 2 N–H and O–H groups in total. The maximum atomic E-state index is 5.91. The molecule has 2 rings (SSSR count). The number of hydrogen-bond acceptors (Lipinski definition) is 2. The molecule has 76 valence electrons. The standard InChI is InChI=1S/C12H17NO/c1-11(2)9-7-8(13)5-6-10(9)14-12(11,3)4/h5-7H,13H2,1-4H3. The Balaban J connectivity index is 2.62. The lowest BCUT2D eigenvalue weighted by atomic mass is 9.74. The van der Waals surface area contributed by atoms with Gasteiger partial charge in [0.15, 0.2) is 0 Å². The average molecular weight is 191 g/mol. The summed E-state index contributed by atoms with van der Waals surface area (Å²) >= 11 is 0. The topological polar surface area (TPSA) is 35.2 Å². The van der Waals surface area contributed by atoms with Crippen LogP contribution >= 0.6 is 0 Å². The number of nitrogens with two attached hydrogens (primary N) is 1. The molecule has 14 heavy (non-hydrogen) atoms. The Morgan fingerprint density at radius 2 is 1.79 bits per heavy atom. The van der Waals surface area contributed by atoms with E-state index < -0.39 is 0 Å². The first-order valence-electron chi connectivity index (χ1n) is 4.93. The lowest BCUT2D eigenvalue weighted by Gasteiger charge is -2.33. The Labute approximate surface area is 85.1 Å². The zero-order chi connectivity index (χ0) is 10.6. The molecule has 0 radical (unpaired) electrons. The summed E-state index contributed by atoms with van der Waals surface area (Å²) in [6, 6.07) is 5.86. The molecular formula is C12H17NO. The van der Waals surface area contributed by atoms with E-state index in [0.29, 0.717) is 0 Å². The maximum absolute atomic E-state index is 5.91. The summed E-state index contributed by atoms with van der Waals surface area (Å²) in [5, 5.41) is 0. The van der Waals surface area contributed by atoms with Crippen molar-refractivity contribution in [2.45, 2.75) is 38.7 Å². The lowest BCUT2D eigenvalue weighted by Crippen LogP contribution is -2.41. The molecular weight excluding hydrogens is 174 g/mol. The summed E-state index contributed by atoms with van der Waals surface area (Å²) in [5.74, 6) is 0.967. The molecule has 2 heteroatoms. The van der Waals surface area contributed by atoms with Crippen LogP contribution in [0.3, 0.4) is 0 Å². The van der Waals surface area contributed by atoms with Gasteiger partial charge in [-0.2, -0.15) is 0 Å². The van der Waals surface area contributed by atoms with Crippen LogP contribution in [0.4, 0.5) is 5.69 Å². The fourth-order valence-corrected chi connectivity index (χ4v) is 1.85. The normalized spacial score (nSPS) is 21.4. The number of benzene rings is 1. The molecule has 2 nitrogen and oxygen atoms in total. The summed E-state index contributed by atoms with van der Waals surface area (Å²) in [6.07, 6.45) is 0. The first-order chi connectivity index (χ1) is 6.34. The van der Waals surface area contributed by atoms with E-state index in [2.05, 4.69) is 27.7 Å². The summed E-state index contributed by atoms with van der Waals surface area (Å²) in [4.78, 5) is 0. The molecule has 1 aromatic rings. The van der Waals surface area contributed by atoms with Gasteiger partial charge in [-0.1, -0.05) is 13.8 Å². The number of hydrogen-bond donors (Lipinski definition) is 1. The van der Waals surface area contributed by atoms with Crippen LogP contribution in [-0.2, 0) is 5.41 Å². The number of anilines is 1. The lowest BCUT2D eigenvalue weighted by molar-refractivity contribution is 0.0712. The highest BCUT2D eigenvalue weighted by Crippen LogP contribution is 2.49.